The number of aliphatic carboxylic acids is 1. The number of rotatable bonds is 9. The number of carboxylic acid groups (broad SMARTS) is 1. The average molecular weight is 557 g/mol. The summed E-state index contributed by atoms with van der Waals surface area (Å²) in [7, 11) is 1.59. The number of aromatic amines is 1. The van der Waals surface area contributed by atoms with Gasteiger partial charge in [0.25, 0.3) is 5.56 Å². The maximum atomic E-state index is 14.0. The number of hydrogen-bond donors (Lipinski definition) is 2. The molecule has 0 aliphatic carbocycles. The maximum absolute atomic E-state index is 14.0. The van der Waals surface area contributed by atoms with Gasteiger partial charge in [0.05, 0.1) is 19.3 Å². The molecule has 0 saturated carbocycles. The summed E-state index contributed by atoms with van der Waals surface area (Å²) in [6.07, 6.45) is 4.30. The van der Waals surface area contributed by atoms with E-state index < -0.39 is 23.2 Å². The third-order valence-corrected chi connectivity index (χ3v) is 7.65. The standard InChI is InChI=1S/C31H32N4O6/c1-31(2,30(37)38)35-25(18-32)23(21-9-8-19(16-24(21)29(35)36)28-33-12-13-34-28)17-27(41-20-10-14-40-15-11-20)22-6-4-5-7-26(22)39-3/h4-9,12-13,16,20,27H,10-11,14-15,17H2,1-3H3,(H,33,34)(H,37,38)/t27-/m0/s1. The van der Waals surface area contributed by atoms with Crippen molar-refractivity contribution in [2.24, 2.45) is 0 Å². The highest BCUT2D eigenvalue weighted by atomic mass is 16.5. The summed E-state index contributed by atoms with van der Waals surface area (Å²) in [5.41, 5.74) is -0.315. The van der Waals surface area contributed by atoms with Crippen molar-refractivity contribution in [3.63, 3.8) is 0 Å². The molecule has 0 radical (unpaired) electrons. The Bertz CT molecular complexity index is 1660. The van der Waals surface area contributed by atoms with E-state index in [1.54, 1.807) is 31.6 Å². The Morgan fingerprint density at radius 2 is 2.00 bits per heavy atom. The minimum absolute atomic E-state index is 0.0175. The summed E-state index contributed by atoms with van der Waals surface area (Å²) in [4.78, 5) is 33.7. The van der Waals surface area contributed by atoms with E-state index in [9.17, 15) is 20.0 Å². The number of imidazole rings is 1. The highest BCUT2D eigenvalue weighted by Crippen LogP contribution is 2.36. The summed E-state index contributed by atoms with van der Waals surface area (Å²) in [6.45, 7) is 4.01. The number of para-hydroxylation sites is 1. The topological polar surface area (TPSA) is 139 Å². The number of aromatic nitrogens is 3. The molecule has 1 aliphatic rings. The van der Waals surface area contributed by atoms with Gasteiger partial charge >= 0.3 is 5.97 Å². The molecule has 41 heavy (non-hydrogen) atoms. The van der Waals surface area contributed by atoms with Crippen molar-refractivity contribution in [2.75, 3.05) is 20.3 Å². The lowest BCUT2D eigenvalue weighted by molar-refractivity contribution is -0.145. The Hall–Kier alpha value is -4.46. The van der Waals surface area contributed by atoms with Gasteiger partial charge in [-0.3, -0.25) is 9.36 Å². The second-order valence-corrected chi connectivity index (χ2v) is 10.5. The van der Waals surface area contributed by atoms with Crippen LogP contribution in [0.1, 0.15) is 49.6 Å². The number of ether oxygens (including phenoxy) is 3. The molecular weight excluding hydrogens is 524 g/mol. The molecule has 0 spiro atoms. The molecule has 212 valence electrons. The fourth-order valence-electron chi connectivity index (χ4n) is 5.39. The van der Waals surface area contributed by atoms with Crippen molar-refractivity contribution in [2.45, 2.75) is 50.9 Å². The fourth-order valence-corrected chi connectivity index (χ4v) is 5.39. The number of pyridine rings is 1. The number of nitrogens with zero attached hydrogens (tertiary/aromatic N) is 3. The molecule has 2 aromatic heterocycles. The Morgan fingerprint density at radius 3 is 2.66 bits per heavy atom. The average Bonchev–Trinajstić information content (AvgIpc) is 3.53. The minimum Gasteiger partial charge on any atom is -0.496 e. The molecule has 10 nitrogen and oxygen atoms in total. The zero-order chi connectivity index (χ0) is 29.1. The zero-order valence-electron chi connectivity index (χ0n) is 23.2. The fraction of sp³-hybridized carbons (Fsp3) is 0.355. The van der Waals surface area contributed by atoms with E-state index in [0.717, 1.165) is 23.0 Å². The molecule has 1 aliphatic heterocycles. The largest absolute Gasteiger partial charge is 0.496 e. The van der Waals surface area contributed by atoms with Crippen molar-refractivity contribution in [3.8, 4) is 23.2 Å². The van der Waals surface area contributed by atoms with Crippen molar-refractivity contribution < 1.29 is 24.1 Å². The summed E-state index contributed by atoms with van der Waals surface area (Å²) >= 11 is 0. The number of carbonyl (C=O) groups is 1. The molecule has 10 heteroatoms. The minimum atomic E-state index is -1.70. The van der Waals surface area contributed by atoms with Crippen molar-refractivity contribution in [3.05, 3.63) is 82.0 Å². The van der Waals surface area contributed by atoms with Gasteiger partial charge in [-0.25, -0.2) is 9.78 Å². The Balaban J connectivity index is 1.76. The molecule has 1 atom stereocenters. The third kappa shape index (κ3) is 5.34. The molecule has 4 aromatic rings. The lowest BCUT2D eigenvalue weighted by atomic mass is 9.92. The number of fused-ring (bicyclic) bond motifs is 1. The highest BCUT2D eigenvalue weighted by molar-refractivity contribution is 5.90. The maximum Gasteiger partial charge on any atom is 0.329 e. The van der Waals surface area contributed by atoms with Crippen molar-refractivity contribution in [1.29, 1.82) is 5.26 Å². The van der Waals surface area contributed by atoms with Gasteiger partial charge in [0.2, 0.25) is 0 Å². The van der Waals surface area contributed by atoms with Gasteiger partial charge in [-0.1, -0.05) is 30.3 Å². The van der Waals surface area contributed by atoms with Gasteiger partial charge < -0.3 is 24.3 Å². The van der Waals surface area contributed by atoms with Crippen LogP contribution in [0.5, 0.6) is 5.75 Å². The first-order valence-electron chi connectivity index (χ1n) is 13.5. The van der Waals surface area contributed by atoms with Crippen molar-refractivity contribution >= 4 is 16.7 Å². The number of methoxy groups -OCH3 is 1. The summed E-state index contributed by atoms with van der Waals surface area (Å²) in [5, 5.41) is 21.4. The van der Waals surface area contributed by atoms with Crippen LogP contribution in [0.15, 0.2) is 59.7 Å². The van der Waals surface area contributed by atoms with Gasteiger partial charge in [-0.05, 0) is 49.8 Å². The van der Waals surface area contributed by atoms with Gasteiger partial charge in [-0.15, -0.1) is 0 Å². The summed E-state index contributed by atoms with van der Waals surface area (Å²) in [5.74, 6) is -0.0361. The van der Waals surface area contributed by atoms with Crippen LogP contribution in [-0.4, -0.2) is 52.0 Å². The van der Waals surface area contributed by atoms with Gasteiger partial charge in [0.1, 0.15) is 28.9 Å². The Morgan fingerprint density at radius 1 is 1.24 bits per heavy atom. The number of hydrogen-bond acceptors (Lipinski definition) is 7. The number of benzene rings is 2. The predicted octanol–water partition coefficient (Wildman–Crippen LogP) is 4.57. The van der Waals surface area contributed by atoms with E-state index in [2.05, 4.69) is 16.0 Å². The monoisotopic (exact) mass is 556 g/mol. The van der Waals surface area contributed by atoms with E-state index in [1.165, 1.54) is 13.8 Å². The van der Waals surface area contributed by atoms with Crippen molar-refractivity contribution in [1.82, 2.24) is 14.5 Å². The van der Waals surface area contributed by atoms with E-state index >= 15 is 0 Å². The molecule has 0 unspecified atom stereocenters. The van der Waals surface area contributed by atoms with E-state index in [0.29, 0.717) is 41.3 Å². The molecule has 2 aromatic carbocycles. The SMILES string of the molecule is COc1ccccc1[C@H](Cc1c(C#N)n(C(C)(C)C(=O)O)c(=O)c2cc(-c3ncc[nH]3)ccc12)OC1CCOCC1. The number of H-pyrrole nitrogens is 1. The zero-order valence-corrected chi connectivity index (χ0v) is 23.2. The Labute approximate surface area is 237 Å². The van der Waals surface area contributed by atoms with Crippen LogP contribution in [0, 0.1) is 11.3 Å². The van der Waals surface area contributed by atoms with E-state index in [1.807, 2.05) is 30.3 Å². The van der Waals surface area contributed by atoms with Crippen LogP contribution in [0.3, 0.4) is 0 Å². The van der Waals surface area contributed by atoms with Gasteiger partial charge in [-0.2, -0.15) is 5.26 Å². The highest BCUT2D eigenvalue weighted by Gasteiger charge is 2.36. The molecule has 0 bridgehead atoms. The second-order valence-electron chi connectivity index (χ2n) is 10.5. The number of carboxylic acids is 1. The lowest BCUT2D eigenvalue weighted by Gasteiger charge is -2.31. The third-order valence-electron chi connectivity index (χ3n) is 7.65. The molecular formula is C31H32N4O6. The van der Waals surface area contributed by atoms with Crippen LogP contribution in [0.4, 0.5) is 0 Å². The second kappa shape index (κ2) is 11.6. The van der Waals surface area contributed by atoms with Gasteiger partial charge in [0.15, 0.2) is 0 Å². The van der Waals surface area contributed by atoms with Crippen LogP contribution in [0.25, 0.3) is 22.2 Å². The molecule has 1 saturated heterocycles. The lowest BCUT2D eigenvalue weighted by Crippen LogP contribution is -2.44. The normalized spacial score (nSPS) is 15.0. The molecule has 1 fully saturated rings. The predicted molar refractivity (Wildman–Crippen MR) is 152 cm³/mol. The quantitative estimate of drug-likeness (QED) is 0.306. The van der Waals surface area contributed by atoms with Gasteiger partial charge in [0, 0.05) is 48.5 Å². The Kier molecular flexibility index (Phi) is 7.92. The van der Waals surface area contributed by atoms with Crippen LogP contribution >= 0.6 is 0 Å². The smallest absolute Gasteiger partial charge is 0.329 e. The molecule has 3 heterocycles. The first-order valence-corrected chi connectivity index (χ1v) is 13.5. The number of nitrogens with one attached hydrogen (secondary N) is 1. The summed E-state index contributed by atoms with van der Waals surface area (Å²) < 4.78 is 19.0. The first-order chi connectivity index (χ1) is 19.8. The molecule has 0 amide bonds. The summed E-state index contributed by atoms with van der Waals surface area (Å²) in [6, 6.07) is 15.0. The number of nitriles is 1. The van der Waals surface area contributed by atoms with E-state index in [4.69, 9.17) is 14.2 Å². The van der Waals surface area contributed by atoms with Crippen LogP contribution in [-0.2, 0) is 26.2 Å². The van der Waals surface area contributed by atoms with Crippen LogP contribution in [0.2, 0.25) is 0 Å². The molecule has 2 N–H and O–H groups in total. The first kappa shape index (κ1) is 28.1. The molecule has 5 rings (SSSR count). The van der Waals surface area contributed by atoms with Crippen LogP contribution < -0.4 is 10.3 Å². The van der Waals surface area contributed by atoms with E-state index in [-0.39, 0.29) is 23.6 Å².